The first-order valence-corrected chi connectivity index (χ1v) is 13.9. The maximum absolute atomic E-state index is 14.8. The van der Waals surface area contributed by atoms with Gasteiger partial charge in [0.25, 0.3) is 5.91 Å². The van der Waals surface area contributed by atoms with Crippen molar-refractivity contribution in [3.63, 3.8) is 0 Å². The Bertz CT molecular complexity index is 1770. The number of halogens is 3. The highest BCUT2D eigenvalue weighted by atomic mass is 35.5. The number of primary amides is 1. The molecule has 0 spiro atoms. The number of amides is 2. The number of anilines is 2. The van der Waals surface area contributed by atoms with Crippen molar-refractivity contribution in [1.29, 1.82) is 0 Å². The van der Waals surface area contributed by atoms with Crippen molar-refractivity contribution in [2.24, 2.45) is 16.5 Å². The van der Waals surface area contributed by atoms with Crippen molar-refractivity contribution >= 4 is 40.8 Å². The molecule has 5 N–H and O–H groups in total. The second-order valence-corrected chi connectivity index (χ2v) is 11.0. The molecule has 226 valence electrons. The van der Waals surface area contributed by atoms with Gasteiger partial charge in [-0.1, -0.05) is 31.2 Å². The first-order valence-electron chi connectivity index (χ1n) is 13.5. The summed E-state index contributed by atoms with van der Waals surface area (Å²) in [7, 11) is 0. The van der Waals surface area contributed by atoms with Crippen molar-refractivity contribution in [3.8, 4) is 11.3 Å². The highest BCUT2D eigenvalue weighted by Crippen LogP contribution is 2.35. The number of nitrogens with two attached hydrogens (primary N) is 2. The van der Waals surface area contributed by atoms with Crippen LogP contribution in [0.1, 0.15) is 47.3 Å². The number of nitrogens with zero attached hydrogens (tertiary/aromatic N) is 4. The molecular weight excluding hydrogens is 588 g/mol. The molecule has 1 fully saturated rings. The van der Waals surface area contributed by atoms with Gasteiger partial charge in [0, 0.05) is 52.3 Å². The highest BCUT2D eigenvalue weighted by Gasteiger charge is 2.37. The van der Waals surface area contributed by atoms with Crippen LogP contribution in [0.5, 0.6) is 0 Å². The molecule has 44 heavy (non-hydrogen) atoms. The summed E-state index contributed by atoms with van der Waals surface area (Å²) < 4.78 is 29.6. The summed E-state index contributed by atoms with van der Waals surface area (Å²) in [6, 6.07) is 15.6. The Kier molecular flexibility index (Phi) is 8.44. The van der Waals surface area contributed by atoms with Gasteiger partial charge in [-0.15, -0.1) is 0 Å². The van der Waals surface area contributed by atoms with Gasteiger partial charge >= 0.3 is 0 Å². The third kappa shape index (κ3) is 5.76. The number of likely N-dealkylation sites (tertiary alicyclic amines) is 1. The number of rotatable bonds is 5. The Labute approximate surface area is 258 Å². The number of aromatic nitrogens is 2. The van der Waals surface area contributed by atoms with E-state index in [1.807, 2.05) is 0 Å². The van der Waals surface area contributed by atoms with E-state index in [1.165, 1.54) is 18.2 Å². The van der Waals surface area contributed by atoms with E-state index >= 15 is 0 Å². The number of piperidine rings is 1. The van der Waals surface area contributed by atoms with Crippen LogP contribution in [0.3, 0.4) is 0 Å². The molecule has 2 amide bonds. The van der Waals surface area contributed by atoms with Crippen molar-refractivity contribution in [3.05, 3.63) is 106 Å². The first-order chi connectivity index (χ1) is 20.6. The first kappa shape index (κ1) is 30.7. The maximum Gasteiger partial charge on any atom is 0.253 e. The molecule has 3 heterocycles. The smallest absolute Gasteiger partial charge is 0.253 e. The molecule has 9 nitrogen and oxygen atoms in total. The normalized spacial score (nSPS) is 15.2. The zero-order valence-electron chi connectivity index (χ0n) is 22.8. The number of hydrogen-bond acceptors (Lipinski definition) is 7. The van der Waals surface area contributed by atoms with Crippen molar-refractivity contribution in [1.82, 2.24) is 14.9 Å². The molecule has 0 aliphatic carbocycles. The fraction of sp³-hybridized carbons (Fsp3) is 0.219. The Balaban J connectivity index is 0.00000384. The summed E-state index contributed by atoms with van der Waals surface area (Å²) >= 11 is 6.30. The van der Waals surface area contributed by atoms with Crippen LogP contribution < -0.4 is 16.8 Å². The maximum atomic E-state index is 14.8. The molecule has 2 aliphatic rings. The van der Waals surface area contributed by atoms with Crippen LogP contribution in [0, 0.1) is 11.6 Å². The van der Waals surface area contributed by atoms with Crippen molar-refractivity contribution in [2.45, 2.75) is 32.4 Å². The lowest BCUT2D eigenvalue weighted by Gasteiger charge is -2.37. The number of benzene rings is 3. The third-order valence-electron chi connectivity index (χ3n) is 7.79. The van der Waals surface area contributed by atoms with Crippen LogP contribution in [0.15, 0.2) is 71.9 Å². The Hall–Kier alpha value is -4.74. The largest absolute Gasteiger partial charge is 0.368 e. The van der Waals surface area contributed by atoms with Gasteiger partial charge < -0.3 is 21.7 Å². The summed E-state index contributed by atoms with van der Waals surface area (Å²) in [5.41, 5.74) is 13.7. The molecule has 12 heteroatoms. The third-order valence-corrected chi connectivity index (χ3v) is 8.02. The van der Waals surface area contributed by atoms with E-state index < -0.39 is 23.1 Å². The Morgan fingerprint density at radius 3 is 2.32 bits per heavy atom. The van der Waals surface area contributed by atoms with Crippen LogP contribution in [-0.4, -0.2) is 51.0 Å². The van der Waals surface area contributed by atoms with E-state index in [9.17, 15) is 18.4 Å². The lowest BCUT2D eigenvalue weighted by molar-refractivity contribution is -0.124. The summed E-state index contributed by atoms with van der Waals surface area (Å²) in [5, 5.41) is 3.53. The number of nitrogens with one attached hydrogen (secondary N) is 1. The standard InChI is InChI=1S/C31H26ClF2N7O2.CH4/c32-19-6-9-21-22(14-19)27(25-23(33)2-1-3-24(25)34)37-15-18-16-38-30(40-26(18)21)39-20-7-4-17(5-8-20)28(42)41-12-10-31(36,11-13-41)29(35)43;/h1-9,14,16H,10-13,15,36H2,(H2,35,43)(H,38,39,40);1H4. The zero-order valence-corrected chi connectivity index (χ0v) is 23.5. The average molecular weight is 618 g/mol. The highest BCUT2D eigenvalue weighted by molar-refractivity contribution is 6.31. The zero-order chi connectivity index (χ0) is 30.3. The fourth-order valence-corrected chi connectivity index (χ4v) is 5.46. The van der Waals surface area contributed by atoms with Crippen LogP contribution in [0.4, 0.5) is 20.4 Å². The van der Waals surface area contributed by atoms with E-state index in [1.54, 1.807) is 53.6 Å². The lowest BCUT2D eigenvalue weighted by Crippen LogP contribution is -2.59. The number of carbonyl (C=O) groups excluding carboxylic acids is 2. The summed E-state index contributed by atoms with van der Waals surface area (Å²) in [5.74, 6) is -1.92. The fourth-order valence-electron chi connectivity index (χ4n) is 5.29. The van der Waals surface area contributed by atoms with E-state index in [4.69, 9.17) is 28.1 Å². The van der Waals surface area contributed by atoms with Crippen molar-refractivity contribution in [2.75, 3.05) is 18.4 Å². The van der Waals surface area contributed by atoms with Gasteiger partial charge in [-0.3, -0.25) is 14.6 Å². The quantitative estimate of drug-likeness (QED) is 0.280. The summed E-state index contributed by atoms with van der Waals surface area (Å²) in [6.07, 6.45) is 2.23. The molecule has 0 bridgehead atoms. The molecule has 0 radical (unpaired) electrons. The minimum atomic E-state index is -1.09. The van der Waals surface area contributed by atoms with Crippen molar-refractivity contribution < 1.29 is 18.4 Å². The Morgan fingerprint density at radius 2 is 1.66 bits per heavy atom. The monoisotopic (exact) mass is 617 g/mol. The van der Waals surface area contributed by atoms with E-state index in [0.29, 0.717) is 64.6 Å². The second-order valence-electron chi connectivity index (χ2n) is 10.5. The SMILES string of the molecule is C.NC(=O)C1(N)CCN(C(=O)c2ccc(Nc3ncc4c(n3)-c3ccc(Cl)cc3C(c3c(F)cccc3F)=NC4)cc2)CC1. The molecule has 3 aromatic carbocycles. The van der Waals surface area contributed by atoms with Gasteiger partial charge in [-0.05, 0) is 61.4 Å². The minimum absolute atomic E-state index is 0. The molecule has 1 saturated heterocycles. The number of carbonyl (C=O) groups is 2. The van der Waals surface area contributed by atoms with Gasteiger partial charge in [0.2, 0.25) is 11.9 Å². The van der Waals surface area contributed by atoms with Crippen LogP contribution in [0.25, 0.3) is 11.3 Å². The summed E-state index contributed by atoms with van der Waals surface area (Å²) in [6.45, 7) is 0.773. The predicted octanol–water partition coefficient (Wildman–Crippen LogP) is 5.22. The molecule has 6 rings (SSSR count). The summed E-state index contributed by atoms with van der Waals surface area (Å²) in [4.78, 5) is 40.0. The molecule has 0 unspecified atom stereocenters. The van der Waals surface area contributed by atoms with Crippen LogP contribution in [0.2, 0.25) is 5.02 Å². The Morgan fingerprint density at radius 1 is 0.977 bits per heavy atom. The second kappa shape index (κ2) is 12.1. The van der Waals surface area contributed by atoms with E-state index in [2.05, 4.69) is 15.3 Å². The van der Waals surface area contributed by atoms with Crippen LogP contribution >= 0.6 is 11.6 Å². The van der Waals surface area contributed by atoms with E-state index in [0.717, 1.165) is 0 Å². The molecule has 4 aromatic rings. The number of fused-ring (bicyclic) bond motifs is 3. The van der Waals surface area contributed by atoms with Crippen LogP contribution in [-0.2, 0) is 11.3 Å². The molecule has 0 saturated carbocycles. The topological polar surface area (TPSA) is 140 Å². The average Bonchev–Trinajstić information content (AvgIpc) is 3.14. The minimum Gasteiger partial charge on any atom is -0.368 e. The molecule has 1 aromatic heterocycles. The van der Waals surface area contributed by atoms with Gasteiger partial charge in [0.1, 0.15) is 11.6 Å². The van der Waals surface area contributed by atoms with Gasteiger partial charge in [0.05, 0.1) is 29.1 Å². The number of aliphatic imine (C=N–C) groups is 1. The van der Waals surface area contributed by atoms with Gasteiger partial charge in [0.15, 0.2) is 0 Å². The predicted molar refractivity (Wildman–Crippen MR) is 166 cm³/mol. The number of hydrogen-bond donors (Lipinski definition) is 3. The van der Waals surface area contributed by atoms with E-state index in [-0.39, 0.29) is 37.1 Å². The molecule has 0 atom stereocenters. The molecular formula is C32H30ClF2N7O2. The van der Waals surface area contributed by atoms with Gasteiger partial charge in [-0.2, -0.15) is 0 Å². The van der Waals surface area contributed by atoms with Gasteiger partial charge in [-0.25, -0.2) is 18.7 Å². The molecule has 2 aliphatic heterocycles. The lowest BCUT2D eigenvalue weighted by atomic mass is 9.88.